The van der Waals surface area contributed by atoms with E-state index in [0.717, 1.165) is 38.6 Å². The van der Waals surface area contributed by atoms with Crippen LogP contribution in [-0.4, -0.2) is 29.1 Å². The standard InChI is InChI=1S/C34H32GeNO.C5H8O2.Ir/c1-34(2,3)29-20-25(19-24-9-7-8-10-27(24)29)33-32-28-16-13-23(21-31(28)37-30(32)17-18-36-33)22-11-14-26(15-12-22)35(4,5)6;1-4(6)3-5(2)7;/h7-18,20-21H,1-6H3;3,6H,1-2H3;/q-1;;/b;4-3-;. The van der Waals surface area contributed by atoms with E-state index in [0.29, 0.717) is 0 Å². The van der Waals surface area contributed by atoms with Crippen molar-refractivity contribution in [2.75, 3.05) is 0 Å². The molecule has 1 radical (unpaired) electrons. The molecule has 6 rings (SSSR count). The fraction of sp³-hybridized carbons (Fsp3) is 0.231. The van der Waals surface area contributed by atoms with Gasteiger partial charge in [0.15, 0.2) is 5.78 Å². The number of nitrogens with zero attached hydrogens (tertiary/aromatic N) is 1. The molecule has 4 aromatic carbocycles. The first-order chi connectivity index (χ1) is 20.7. The molecule has 0 unspecified atom stereocenters. The molecule has 0 aliphatic heterocycles. The second-order valence-corrected chi connectivity index (χ2v) is 24.1. The van der Waals surface area contributed by atoms with Gasteiger partial charge < -0.3 is 5.11 Å². The van der Waals surface area contributed by atoms with Crippen LogP contribution in [0.2, 0.25) is 17.3 Å². The predicted octanol–water partition coefficient (Wildman–Crippen LogP) is 10.1. The number of carbonyl (C=O) groups excluding carboxylic acids is 1. The van der Waals surface area contributed by atoms with Crippen molar-refractivity contribution in [3.8, 4) is 22.4 Å². The topological polar surface area (TPSA) is 63.3 Å². The molecular formula is C39H40GeIrNO3-. The summed E-state index contributed by atoms with van der Waals surface area (Å²) >= 11 is -1.83. The molecule has 0 aliphatic carbocycles. The first-order valence-corrected chi connectivity index (χ1v) is 22.3. The molecule has 0 saturated heterocycles. The van der Waals surface area contributed by atoms with Crippen molar-refractivity contribution in [3.05, 3.63) is 109 Å². The summed E-state index contributed by atoms with van der Waals surface area (Å²) in [6.45, 7) is 9.64. The number of benzene rings is 4. The van der Waals surface area contributed by atoms with E-state index in [-0.39, 0.29) is 37.1 Å². The van der Waals surface area contributed by atoms with Gasteiger partial charge in [-0.1, -0.05) is 44.4 Å². The number of aromatic nitrogens is 1. The number of aliphatic hydroxyl groups excluding tert-OH is 1. The molecule has 0 amide bonds. The molecule has 0 fully saturated rings. The Labute approximate surface area is 282 Å². The van der Waals surface area contributed by atoms with Crippen molar-refractivity contribution in [2.24, 2.45) is 0 Å². The average Bonchev–Trinajstić information content (AvgIpc) is 3.33. The summed E-state index contributed by atoms with van der Waals surface area (Å²) < 4.78 is 7.91. The number of furan rings is 1. The Balaban J connectivity index is 0.000000519. The maximum atomic E-state index is 10.0. The van der Waals surface area contributed by atoms with E-state index >= 15 is 0 Å². The molecule has 2 heterocycles. The van der Waals surface area contributed by atoms with Gasteiger partial charge in [-0.3, -0.25) is 4.79 Å². The summed E-state index contributed by atoms with van der Waals surface area (Å²) in [6.07, 6.45) is 3.01. The van der Waals surface area contributed by atoms with E-state index in [1.54, 1.807) is 0 Å². The van der Waals surface area contributed by atoms with Gasteiger partial charge in [-0.05, 0) is 19.3 Å². The minimum Gasteiger partial charge on any atom is -0.118 e. The summed E-state index contributed by atoms with van der Waals surface area (Å²) in [5, 5.41) is 12.9. The van der Waals surface area contributed by atoms with Crippen LogP contribution in [0.25, 0.3) is 55.1 Å². The SMILES string of the molecule is CC(=O)/C=C(/C)O.CC(C)(C)c1cc(-c2nccc3oc4cc(-c5cc[c]([Ge]([CH3])([CH3])[CH3])cc5)ccc4c23)[c-]c2ccccc12.[Ir]. The van der Waals surface area contributed by atoms with Gasteiger partial charge >= 0.3 is 156 Å². The number of rotatable bonds is 4. The van der Waals surface area contributed by atoms with Crippen molar-refractivity contribution in [1.29, 1.82) is 0 Å². The third-order valence-corrected chi connectivity index (χ3v) is 12.1. The van der Waals surface area contributed by atoms with Gasteiger partial charge in [0.1, 0.15) is 0 Å². The third-order valence-electron chi connectivity index (χ3n) is 7.72. The summed E-state index contributed by atoms with van der Waals surface area (Å²) in [4.78, 5) is 14.9. The quantitative estimate of drug-likeness (QED) is 0.0832. The summed E-state index contributed by atoms with van der Waals surface area (Å²) in [6, 6.07) is 32.1. The van der Waals surface area contributed by atoms with Crippen LogP contribution < -0.4 is 4.40 Å². The fourth-order valence-electron chi connectivity index (χ4n) is 5.54. The molecule has 6 heteroatoms. The van der Waals surface area contributed by atoms with Crippen LogP contribution in [0.1, 0.15) is 40.2 Å². The van der Waals surface area contributed by atoms with Crippen molar-refractivity contribution < 1.29 is 34.4 Å². The molecule has 0 bridgehead atoms. The van der Waals surface area contributed by atoms with Gasteiger partial charge in [-0.2, -0.15) is 0 Å². The number of ketones is 1. The average molecular weight is 836 g/mol. The van der Waals surface area contributed by atoms with Crippen LogP contribution >= 0.6 is 0 Å². The van der Waals surface area contributed by atoms with Crippen molar-refractivity contribution in [1.82, 2.24) is 4.98 Å². The van der Waals surface area contributed by atoms with Gasteiger partial charge in [-0.25, -0.2) is 0 Å². The molecule has 233 valence electrons. The Bertz CT molecular complexity index is 2020. The predicted molar refractivity (Wildman–Crippen MR) is 187 cm³/mol. The molecule has 0 saturated carbocycles. The fourth-order valence-corrected chi connectivity index (χ4v) is 7.99. The second-order valence-electron chi connectivity index (χ2n) is 13.5. The maximum absolute atomic E-state index is 10.0. The van der Waals surface area contributed by atoms with E-state index in [1.807, 2.05) is 12.3 Å². The van der Waals surface area contributed by atoms with E-state index in [9.17, 15) is 4.79 Å². The zero-order valence-electron chi connectivity index (χ0n) is 27.2. The molecule has 6 aromatic rings. The van der Waals surface area contributed by atoms with Crippen molar-refractivity contribution in [2.45, 2.75) is 57.3 Å². The Morgan fingerprint density at radius 3 is 2.13 bits per heavy atom. The summed E-state index contributed by atoms with van der Waals surface area (Å²) in [7, 11) is 0. The van der Waals surface area contributed by atoms with Crippen LogP contribution in [0.5, 0.6) is 0 Å². The zero-order valence-corrected chi connectivity index (χ0v) is 31.7. The van der Waals surface area contributed by atoms with Gasteiger partial charge in [0.05, 0.1) is 5.76 Å². The van der Waals surface area contributed by atoms with E-state index in [1.165, 1.54) is 46.4 Å². The van der Waals surface area contributed by atoms with Crippen LogP contribution in [0.4, 0.5) is 0 Å². The molecule has 0 atom stereocenters. The minimum atomic E-state index is -1.83. The molecule has 2 aromatic heterocycles. The van der Waals surface area contributed by atoms with Gasteiger partial charge in [0.2, 0.25) is 0 Å². The second kappa shape index (κ2) is 13.5. The van der Waals surface area contributed by atoms with Crippen LogP contribution in [0, 0.1) is 6.07 Å². The van der Waals surface area contributed by atoms with Crippen LogP contribution in [0.3, 0.4) is 0 Å². The summed E-state index contributed by atoms with van der Waals surface area (Å²) in [5.74, 6) is 7.22. The van der Waals surface area contributed by atoms with Crippen molar-refractivity contribution >= 4 is 56.2 Å². The van der Waals surface area contributed by atoms with Gasteiger partial charge in [0, 0.05) is 26.2 Å². The zero-order chi connectivity index (χ0) is 31.8. The van der Waals surface area contributed by atoms with E-state index < -0.39 is 13.3 Å². The number of hydrogen-bond acceptors (Lipinski definition) is 4. The van der Waals surface area contributed by atoms with E-state index in [4.69, 9.17) is 14.5 Å². The minimum absolute atomic E-state index is 0. The Morgan fingerprint density at radius 2 is 1.53 bits per heavy atom. The Kier molecular flexibility index (Phi) is 10.3. The van der Waals surface area contributed by atoms with Crippen LogP contribution in [-0.2, 0) is 30.3 Å². The number of pyridine rings is 1. The van der Waals surface area contributed by atoms with E-state index in [2.05, 4.69) is 117 Å². The third kappa shape index (κ3) is 7.66. The molecule has 0 spiro atoms. The normalized spacial score (nSPS) is 12.1. The molecule has 45 heavy (non-hydrogen) atoms. The number of aliphatic hydroxyl groups is 1. The Hall–Kier alpha value is -3.51. The molecule has 4 nitrogen and oxygen atoms in total. The molecule has 0 aliphatic rings. The first kappa shape index (κ1) is 34.4. The van der Waals surface area contributed by atoms with Crippen molar-refractivity contribution in [3.63, 3.8) is 0 Å². The monoisotopic (exact) mass is 837 g/mol. The number of fused-ring (bicyclic) bond motifs is 4. The molecule has 1 N–H and O–H groups in total. The van der Waals surface area contributed by atoms with Gasteiger partial charge in [-0.15, -0.1) is 17.0 Å². The molecular weight excluding hydrogens is 795 g/mol. The number of hydrogen-bond donors (Lipinski definition) is 1. The number of allylic oxidation sites excluding steroid dienone is 2. The number of carbonyl (C=O) groups is 1. The Morgan fingerprint density at radius 1 is 0.867 bits per heavy atom. The van der Waals surface area contributed by atoms with Crippen LogP contribution in [0.15, 0.2) is 101 Å². The van der Waals surface area contributed by atoms with Gasteiger partial charge in [0.25, 0.3) is 0 Å². The smallest absolute Gasteiger partial charge is 0.118 e. The first-order valence-electron chi connectivity index (χ1n) is 15.0. The summed E-state index contributed by atoms with van der Waals surface area (Å²) in [5.41, 5.74) is 7.34.